The molecule has 0 saturated carbocycles. The van der Waals surface area contributed by atoms with Crippen LogP contribution in [0, 0.1) is 36.1 Å². The standard InChI is InChI=1S/C30H31NSi.C30H30NSi.3C14H16NSi.CHF3O3S.2CH4O.CH4.2Ir.H2/c2*1-20(2)16-22-18-29(31-19-30(22)32(3,4)5)21-14-15-27-25-12-7-6-10-23(25)24-11-8-9-13-26(24)28(27)17-21;3*1-16(2,3)13-9-10-14(15-11-13)12-7-5-4-6-8-12;2-1(3,4)8(5,6)7;2*1-2;;;;/h6-15,17-20H,16H2,1-5H3;6-13,15,17-20H,16H2,1-5H3;3*4-7,9-11H,1-3H3;(H,5,6,7);2*2H,1H3;1H4;;;1H/q;4*-1;;;;;;;. The first-order valence-electron chi connectivity index (χ1n) is 41.9. The van der Waals surface area contributed by atoms with E-state index in [0.717, 1.165) is 77.8 Å². The fraction of sp³-hybridized carbons (Fsp3) is 0.255. The number of aliphatic hydroxyl groups is 2. The van der Waals surface area contributed by atoms with E-state index < -0.39 is 56.0 Å². The maximum Gasteiger partial charge on any atom is 0.522 e. The Hall–Kier alpha value is -9.27. The summed E-state index contributed by atoms with van der Waals surface area (Å²) < 4.78 is 57.5. The smallest absolute Gasteiger partial charge is 0.400 e. The normalized spacial score (nSPS) is 11.5. The zero-order valence-electron chi connectivity index (χ0n) is 76.2. The minimum absolute atomic E-state index is 0. The van der Waals surface area contributed by atoms with Gasteiger partial charge in [-0.3, -0.25) is 9.54 Å². The molecule has 16 aromatic rings. The topological polar surface area (TPSA) is 159 Å². The van der Waals surface area contributed by atoms with Gasteiger partial charge >= 0.3 is 15.6 Å². The minimum Gasteiger partial charge on any atom is -0.400 e. The van der Waals surface area contributed by atoms with Gasteiger partial charge in [-0.2, -0.15) is 21.6 Å². The van der Waals surface area contributed by atoms with Crippen molar-refractivity contribution in [1.29, 1.82) is 0 Å². The van der Waals surface area contributed by atoms with Gasteiger partial charge in [-0.25, -0.2) is 0 Å². The molecule has 0 aliphatic carbocycles. The van der Waals surface area contributed by atoms with Crippen LogP contribution >= 0.6 is 0 Å². The van der Waals surface area contributed by atoms with E-state index >= 15 is 0 Å². The van der Waals surface area contributed by atoms with Gasteiger partial charge in [0.15, 0.2) is 0 Å². The monoisotopic (exact) mass is 2160 g/mol. The third-order valence-corrected chi connectivity index (χ3v) is 31.8. The van der Waals surface area contributed by atoms with Crippen LogP contribution in [0.2, 0.25) is 98.2 Å². The van der Waals surface area contributed by atoms with Gasteiger partial charge in [0.25, 0.3) is 0 Å². The van der Waals surface area contributed by atoms with Gasteiger partial charge in [0.1, 0.15) is 0 Å². The number of alkyl halides is 3. The number of hydrogen-bond acceptors (Lipinski definition) is 9. The number of benzene rings is 11. The Kier molecular flexibility index (Phi) is 39.3. The van der Waals surface area contributed by atoms with Gasteiger partial charge < -0.3 is 30.1 Å². The second-order valence-corrected chi connectivity index (χ2v) is 63.3. The van der Waals surface area contributed by atoms with Crippen molar-refractivity contribution in [2.75, 3.05) is 14.2 Å². The van der Waals surface area contributed by atoms with Crippen LogP contribution in [0.1, 0.15) is 47.7 Å². The van der Waals surface area contributed by atoms with Crippen molar-refractivity contribution in [3.05, 3.63) is 315 Å². The Morgan fingerprint density at radius 2 is 0.606 bits per heavy atom. The van der Waals surface area contributed by atoms with E-state index in [0.29, 0.717) is 11.8 Å². The number of hydrogen-bond donors (Lipinski definition) is 3. The molecule has 0 fully saturated rings. The van der Waals surface area contributed by atoms with Crippen molar-refractivity contribution >= 4 is 141 Å². The molecule has 0 unspecified atom stereocenters. The Labute approximate surface area is 786 Å². The van der Waals surface area contributed by atoms with Gasteiger partial charge in [-0.05, 0) is 140 Å². The van der Waals surface area contributed by atoms with Crippen LogP contribution in [0.3, 0.4) is 0 Å². The number of nitrogens with zero attached hydrogens (tertiary/aromatic N) is 5. The van der Waals surface area contributed by atoms with Crippen molar-refractivity contribution in [2.45, 2.75) is 152 Å². The van der Waals surface area contributed by atoms with Crippen LogP contribution < -0.4 is 25.9 Å². The molecular weight excluding hydrogens is 2040 g/mol. The van der Waals surface area contributed by atoms with E-state index in [9.17, 15) is 13.2 Å². The second kappa shape index (κ2) is 46.8. The van der Waals surface area contributed by atoms with Gasteiger partial charge in [0.2, 0.25) is 0 Å². The summed E-state index contributed by atoms with van der Waals surface area (Å²) in [6.07, 6.45) is 12.6. The Bertz CT molecular complexity index is 5820. The molecular formula is C106H124F3Ir2N5O5SSi5-4. The molecule has 5 heterocycles. The van der Waals surface area contributed by atoms with Crippen molar-refractivity contribution in [3.63, 3.8) is 0 Å². The molecule has 16 rings (SSSR count). The Morgan fingerprint density at radius 1 is 0.331 bits per heavy atom. The molecule has 0 atom stereocenters. The number of aromatic nitrogens is 5. The van der Waals surface area contributed by atoms with Gasteiger partial charge in [-0.15, -0.1) is 131 Å². The van der Waals surface area contributed by atoms with Crippen LogP contribution in [-0.2, 0) is 63.2 Å². The van der Waals surface area contributed by atoms with E-state index in [4.69, 9.17) is 33.2 Å². The molecule has 0 aliphatic rings. The average molecular weight is 2160 g/mol. The molecule has 127 heavy (non-hydrogen) atoms. The first-order chi connectivity index (χ1) is 58.6. The SMILES string of the molecule is C.CC(C)Cc1cc(-c2[c-]cc3c4ccccc4c4ccccc4c3c2)ncc1[Si](C)(C)C.CC(C)Cc1cc(-c2ccc3c4ccccc4c4ccccc4c3c2)ncc1[Si](C)(C)C.CO.CO.C[Si](C)(C)c1ccc(-c2[c-]cccc2)nc1.C[Si](C)(C)c1ccc(-c2[c-]cccc2)nc1.C[Si](C)(C)c1ccc(-c2[c-]cccc2)nc1.O=S(=O)(O)C(F)(F)F.[HH].[Ir].[Ir]. The zero-order chi connectivity index (χ0) is 90.7. The predicted molar refractivity (Wildman–Crippen MR) is 543 cm³/mol. The van der Waals surface area contributed by atoms with Crippen LogP contribution in [-0.4, -0.2) is 108 Å². The molecule has 672 valence electrons. The van der Waals surface area contributed by atoms with E-state index in [1.165, 1.54) is 107 Å². The van der Waals surface area contributed by atoms with Crippen molar-refractivity contribution < 1.29 is 78.0 Å². The summed E-state index contributed by atoms with van der Waals surface area (Å²) in [6, 6.07) is 101. The van der Waals surface area contributed by atoms with Crippen molar-refractivity contribution in [1.82, 2.24) is 24.9 Å². The summed E-state index contributed by atoms with van der Waals surface area (Å²) in [6.45, 7) is 44.7. The van der Waals surface area contributed by atoms with Crippen molar-refractivity contribution in [3.8, 4) is 56.3 Å². The molecule has 21 heteroatoms. The molecule has 10 nitrogen and oxygen atoms in total. The van der Waals surface area contributed by atoms with E-state index in [2.05, 4.69) is 353 Å². The summed E-state index contributed by atoms with van der Waals surface area (Å²) in [7, 11) is -10.4. The predicted octanol–water partition coefficient (Wildman–Crippen LogP) is 25.5. The number of fused-ring (bicyclic) bond motifs is 12. The van der Waals surface area contributed by atoms with Gasteiger partial charge in [-0.1, -0.05) is 307 Å². The summed E-state index contributed by atoms with van der Waals surface area (Å²) >= 11 is 0. The van der Waals surface area contributed by atoms with Crippen LogP contribution in [0.5, 0.6) is 0 Å². The van der Waals surface area contributed by atoms with Gasteiger partial charge in [0.05, 0.1) is 46.1 Å². The minimum atomic E-state index is -5.84. The van der Waals surface area contributed by atoms with Crippen LogP contribution in [0.15, 0.2) is 280 Å². The molecule has 0 spiro atoms. The molecule has 0 bridgehead atoms. The quantitative estimate of drug-likeness (QED) is 0.0314. The van der Waals surface area contributed by atoms with Crippen LogP contribution in [0.4, 0.5) is 13.2 Å². The number of aliphatic hydroxyl groups excluding tert-OH is 2. The summed E-state index contributed by atoms with van der Waals surface area (Å²) in [5, 5.41) is 36.7. The first kappa shape index (κ1) is 107. The Balaban J connectivity index is 0.000000282. The first-order valence-corrected chi connectivity index (χ1v) is 60.9. The van der Waals surface area contributed by atoms with E-state index in [-0.39, 0.29) is 49.1 Å². The molecule has 3 N–H and O–H groups in total. The summed E-state index contributed by atoms with van der Waals surface area (Å²) in [5.74, 6) is 1.25. The summed E-state index contributed by atoms with van der Waals surface area (Å²) in [5.41, 5.74) is 7.98. The number of halogens is 3. The fourth-order valence-electron chi connectivity index (χ4n) is 14.6. The molecule has 2 radical (unpaired) electrons. The fourth-order valence-corrected chi connectivity index (χ4v) is 20.9. The second-order valence-electron chi connectivity index (χ2n) is 36.6. The number of pyridine rings is 5. The third-order valence-electron chi connectivity index (χ3n) is 21.0. The molecule has 11 aromatic carbocycles. The molecule has 0 amide bonds. The largest absolute Gasteiger partial charge is 0.522 e. The number of rotatable bonds is 14. The molecule has 0 aliphatic heterocycles. The Morgan fingerprint density at radius 3 is 0.882 bits per heavy atom. The zero-order valence-corrected chi connectivity index (χ0v) is 86.8. The third kappa shape index (κ3) is 28.6. The molecule has 5 aromatic heterocycles. The van der Waals surface area contributed by atoms with Crippen LogP contribution in [0.25, 0.3) is 121 Å². The van der Waals surface area contributed by atoms with E-state index in [1.54, 1.807) is 0 Å². The van der Waals surface area contributed by atoms with Gasteiger partial charge in [0, 0.05) is 92.4 Å². The maximum atomic E-state index is 10.7. The van der Waals surface area contributed by atoms with Crippen molar-refractivity contribution in [2.24, 2.45) is 11.8 Å². The maximum absolute atomic E-state index is 10.7. The van der Waals surface area contributed by atoms with E-state index in [1.807, 2.05) is 91.4 Å². The summed E-state index contributed by atoms with van der Waals surface area (Å²) in [4.78, 5) is 23.5. The average Bonchev–Trinajstić information content (AvgIpc) is 0.744. The molecule has 0 saturated heterocycles.